The van der Waals surface area contributed by atoms with Crippen LogP contribution in [0.1, 0.15) is 23.0 Å². The average Bonchev–Trinajstić information content (AvgIpc) is 2.76. The molecule has 0 fully saturated rings. The van der Waals surface area contributed by atoms with Gasteiger partial charge in [-0.15, -0.1) is 0 Å². The molecular formula is C12H15N3O2. The highest BCUT2D eigenvalue weighted by molar-refractivity contribution is 5.55. The Bertz CT molecular complexity index is 502. The highest BCUT2D eigenvalue weighted by Crippen LogP contribution is 2.21. The molecule has 1 unspecified atom stereocenters. The number of aliphatic hydroxyl groups excluding tert-OH is 1. The van der Waals surface area contributed by atoms with E-state index in [1.54, 1.807) is 0 Å². The molecule has 3 N–H and O–H groups in total. The van der Waals surface area contributed by atoms with Gasteiger partial charge in [0, 0.05) is 5.56 Å². The van der Waals surface area contributed by atoms with Crippen LogP contribution < -0.4 is 5.73 Å². The van der Waals surface area contributed by atoms with Crippen molar-refractivity contribution in [3.8, 4) is 11.5 Å². The zero-order valence-corrected chi connectivity index (χ0v) is 9.84. The van der Waals surface area contributed by atoms with Crippen molar-refractivity contribution >= 4 is 0 Å². The maximum atomic E-state index is 8.91. The Hall–Kier alpha value is -1.72. The summed E-state index contributed by atoms with van der Waals surface area (Å²) in [6, 6.07) is 5.41. The summed E-state index contributed by atoms with van der Waals surface area (Å²) in [5, 5.41) is 12.7. The molecule has 0 saturated carbocycles. The van der Waals surface area contributed by atoms with Crippen molar-refractivity contribution < 1.29 is 9.63 Å². The van der Waals surface area contributed by atoms with Gasteiger partial charge in [-0.25, -0.2) is 0 Å². The molecule has 2 aromatic rings. The molecule has 0 aliphatic rings. The van der Waals surface area contributed by atoms with Crippen molar-refractivity contribution in [3.63, 3.8) is 0 Å². The molecule has 1 atom stereocenters. The Morgan fingerprint density at radius 3 is 2.53 bits per heavy atom. The van der Waals surface area contributed by atoms with Crippen molar-refractivity contribution in [1.29, 1.82) is 0 Å². The predicted octanol–water partition coefficient (Wildman–Crippen LogP) is 1.35. The van der Waals surface area contributed by atoms with Crippen LogP contribution in [-0.4, -0.2) is 21.9 Å². The average molecular weight is 233 g/mol. The van der Waals surface area contributed by atoms with Gasteiger partial charge in [-0.1, -0.05) is 22.3 Å². The Morgan fingerprint density at radius 2 is 1.94 bits per heavy atom. The van der Waals surface area contributed by atoms with Crippen molar-refractivity contribution in [2.75, 3.05) is 6.61 Å². The van der Waals surface area contributed by atoms with Gasteiger partial charge in [-0.3, -0.25) is 0 Å². The summed E-state index contributed by atoms with van der Waals surface area (Å²) in [4.78, 5) is 4.17. The van der Waals surface area contributed by atoms with Crippen molar-refractivity contribution in [1.82, 2.24) is 10.1 Å². The molecule has 1 aromatic heterocycles. The van der Waals surface area contributed by atoms with Crippen LogP contribution >= 0.6 is 0 Å². The molecule has 0 radical (unpaired) electrons. The molecule has 1 aromatic carbocycles. The van der Waals surface area contributed by atoms with E-state index >= 15 is 0 Å². The highest BCUT2D eigenvalue weighted by atomic mass is 16.5. The lowest BCUT2D eigenvalue weighted by molar-refractivity contribution is 0.260. The monoisotopic (exact) mass is 233 g/mol. The van der Waals surface area contributed by atoms with E-state index in [2.05, 4.69) is 16.2 Å². The third-order valence-corrected chi connectivity index (χ3v) is 2.44. The Balaban J connectivity index is 2.36. The van der Waals surface area contributed by atoms with Gasteiger partial charge in [0.25, 0.3) is 5.89 Å². The van der Waals surface area contributed by atoms with Gasteiger partial charge < -0.3 is 15.4 Å². The van der Waals surface area contributed by atoms with Gasteiger partial charge in [-0.05, 0) is 26.0 Å². The fraction of sp³-hybridized carbons (Fsp3) is 0.333. The number of rotatable bonds is 3. The third-order valence-electron chi connectivity index (χ3n) is 2.44. The van der Waals surface area contributed by atoms with E-state index in [0.717, 1.165) is 16.7 Å². The Labute approximate surface area is 99.3 Å². The molecule has 1 heterocycles. The summed E-state index contributed by atoms with van der Waals surface area (Å²) in [5.74, 6) is 0.748. The molecule has 5 heteroatoms. The number of aliphatic hydroxyl groups is 1. The Morgan fingerprint density at radius 1 is 1.29 bits per heavy atom. The second-order valence-corrected chi connectivity index (χ2v) is 4.12. The number of hydrogen-bond donors (Lipinski definition) is 2. The van der Waals surface area contributed by atoms with Gasteiger partial charge in [-0.2, -0.15) is 4.98 Å². The summed E-state index contributed by atoms with van der Waals surface area (Å²) in [6.07, 6.45) is 0. The van der Waals surface area contributed by atoms with Gasteiger partial charge in [0.05, 0.1) is 12.6 Å². The van der Waals surface area contributed by atoms with Crippen LogP contribution in [0.3, 0.4) is 0 Å². The molecule has 0 saturated heterocycles. The van der Waals surface area contributed by atoms with Crippen LogP contribution in [0.4, 0.5) is 0 Å². The van der Waals surface area contributed by atoms with E-state index in [-0.39, 0.29) is 6.61 Å². The first kappa shape index (κ1) is 11.8. The molecule has 17 heavy (non-hydrogen) atoms. The standard InChI is InChI=1S/C12H15N3O2/c1-7-3-8(2)5-9(4-7)12-14-11(15-17-12)10(13)6-16/h3-5,10,16H,6,13H2,1-2H3. The molecule has 90 valence electrons. The van der Waals surface area contributed by atoms with Gasteiger partial charge in [0.1, 0.15) is 0 Å². The van der Waals surface area contributed by atoms with E-state index in [9.17, 15) is 0 Å². The van der Waals surface area contributed by atoms with E-state index in [4.69, 9.17) is 15.4 Å². The summed E-state index contributed by atoms with van der Waals surface area (Å²) in [5.41, 5.74) is 8.74. The van der Waals surface area contributed by atoms with Crippen LogP contribution in [-0.2, 0) is 0 Å². The molecule has 5 nitrogen and oxygen atoms in total. The van der Waals surface area contributed by atoms with E-state index in [1.807, 2.05) is 26.0 Å². The summed E-state index contributed by atoms with van der Waals surface area (Å²) >= 11 is 0. The molecule has 0 bridgehead atoms. The molecule has 0 aliphatic carbocycles. The molecule has 0 aliphatic heterocycles. The van der Waals surface area contributed by atoms with Gasteiger partial charge >= 0.3 is 0 Å². The largest absolute Gasteiger partial charge is 0.394 e. The fourth-order valence-corrected chi connectivity index (χ4v) is 1.68. The van der Waals surface area contributed by atoms with Gasteiger partial charge in [0.2, 0.25) is 0 Å². The molecule has 0 spiro atoms. The van der Waals surface area contributed by atoms with Crippen molar-refractivity contribution in [2.24, 2.45) is 5.73 Å². The Kier molecular flexibility index (Phi) is 3.21. The quantitative estimate of drug-likeness (QED) is 0.835. The number of benzene rings is 1. The fourth-order valence-electron chi connectivity index (χ4n) is 1.68. The summed E-state index contributed by atoms with van der Waals surface area (Å²) < 4.78 is 5.13. The lowest BCUT2D eigenvalue weighted by Crippen LogP contribution is -2.15. The van der Waals surface area contributed by atoms with Crippen LogP contribution in [0, 0.1) is 13.8 Å². The second kappa shape index (κ2) is 4.65. The maximum absolute atomic E-state index is 8.91. The number of hydrogen-bond acceptors (Lipinski definition) is 5. The zero-order valence-electron chi connectivity index (χ0n) is 9.84. The van der Waals surface area contributed by atoms with Crippen molar-refractivity contribution in [3.05, 3.63) is 35.2 Å². The number of nitrogens with two attached hydrogens (primary N) is 1. The van der Waals surface area contributed by atoms with Crippen LogP contribution in [0.2, 0.25) is 0 Å². The SMILES string of the molecule is Cc1cc(C)cc(-c2nc(C(N)CO)no2)c1. The first-order valence-corrected chi connectivity index (χ1v) is 5.39. The topological polar surface area (TPSA) is 85.2 Å². The molecular weight excluding hydrogens is 218 g/mol. The number of aromatic nitrogens is 2. The highest BCUT2D eigenvalue weighted by Gasteiger charge is 2.14. The third kappa shape index (κ3) is 2.51. The van der Waals surface area contributed by atoms with E-state index < -0.39 is 6.04 Å². The maximum Gasteiger partial charge on any atom is 0.258 e. The first-order valence-electron chi connectivity index (χ1n) is 5.39. The zero-order chi connectivity index (χ0) is 12.4. The van der Waals surface area contributed by atoms with Crippen LogP contribution in [0.5, 0.6) is 0 Å². The number of aryl methyl sites for hydroxylation is 2. The minimum Gasteiger partial charge on any atom is -0.394 e. The normalized spacial score (nSPS) is 12.7. The summed E-state index contributed by atoms with van der Waals surface area (Å²) in [7, 11) is 0. The van der Waals surface area contributed by atoms with Crippen LogP contribution in [0.15, 0.2) is 22.7 Å². The molecule has 0 amide bonds. The smallest absolute Gasteiger partial charge is 0.258 e. The number of nitrogens with zero attached hydrogens (tertiary/aromatic N) is 2. The minimum atomic E-state index is -0.599. The van der Waals surface area contributed by atoms with Crippen molar-refractivity contribution in [2.45, 2.75) is 19.9 Å². The van der Waals surface area contributed by atoms with E-state index in [0.29, 0.717) is 11.7 Å². The summed E-state index contributed by atoms with van der Waals surface area (Å²) in [6.45, 7) is 3.81. The molecule has 2 rings (SSSR count). The predicted molar refractivity (Wildman–Crippen MR) is 63.2 cm³/mol. The minimum absolute atomic E-state index is 0.203. The van der Waals surface area contributed by atoms with E-state index in [1.165, 1.54) is 0 Å². The lowest BCUT2D eigenvalue weighted by atomic mass is 10.1. The lowest BCUT2D eigenvalue weighted by Gasteiger charge is -2.00. The first-order chi connectivity index (χ1) is 8.10. The van der Waals surface area contributed by atoms with Crippen LogP contribution in [0.25, 0.3) is 11.5 Å². The second-order valence-electron chi connectivity index (χ2n) is 4.12. The van der Waals surface area contributed by atoms with Gasteiger partial charge in [0.15, 0.2) is 5.82 Å².